The van der Waals surface area contributed by atoms with Gasteiger partial charge in [0.25, 0.3) is 0 Å². The maximum Gasteiger partial charge on any atom is 0.404 e. The summed E-state index contributed by atoms with van der Waals surface area (Å²) < 4.78 is 17.8. The number of nitrogens with two attached hydrogens (primary N) is 1. The number of carbonyl (C=O) groups excluding carboxylic acids is 1. The lowest BCUT2D eigenvalue weighted by molar-refractivity contribution is 0.145. The Hall–Kier alpha value is -1.62. The molecule has 0 bridgehead atoms. The summed E-state index contributed by atoms with van der Waals surface area (Å²) in [6.07, 6.45) is -1.80. The summed E-state index contributed by atoms with van der Waals surface area (Å²) in [5, 5.41) is 9.36. The molecule has 1 atom stereocenters. The summed E-state index contributed by atoms with van der Waals surface area (Å²) in [6.45, 7) is 1.23. The highest BCUT2D eigenvalue weighted by Gasteiger charge is 2.13. The average molecular weight is 213 g/mol. The molecule has 82 valence electrons. The lowest BCUT2D eigenvalue weighted by atomic mass is 10.0. The molecular weight excluding hydrogens is 201 g/mol. The third-order valence-electron chi connectivity index (χ3n) is 1.96. The normalized spacial score (nSPS) is 12.2. The van der Waals surface area contributed by atoms with E-state index in [-0.39, 0.29) is 12.2 Å². The van der Waals surface area contributed by atoms with Crippen molar-refractivity contribution in [3.8, 4) is 0 Å². The Kier molecular flexibility index (Phi) is 3.62. The fraction of sp³-hybridized carbons (Fsp3) is 0.300. The SMILES string of the molecule is CC(O)c1cccc(F)c1COC(N)=O. The van der Waals surface area contributed by atoms with E-state index in [1.165, 1.54) is 19.1 Å². The summed E-state index contributed by atoms with van der Waals surface area (Å²) in [7, 11) is 0. The molecule has 0 heterocycles. The first kappa shape index (κ1) is 11.5. The molecule has 0 radical (unpaired) electrons. The zero-order valence-corrected chi connectivity index (χ0v) is 8.24. The number of benzene rings is 1. The molecule has 0 aliphatic carbocycles. The quantitative estimate of drug-likeness (QED) is 0.798. The van der Waals surface area contributed by atoms with E-state index >= 15 is 0 Å². The van der Waals surface area contributed by atoms with Crippen LogP contribution in [0.4, 0.5) is 9.18 Å². The number of hydrogen-bond acceptors (Lipinski definition) is 3. The highest BCUT2D eigenvalue weighted by molar-refractivity contribution is 5.64. The Bertz CT molecular complexity index is 366. The van der Waals surface area contributed by atoms with Crippen LogP contribution in [0.2, 0.25) is 0 Å². The van der Waals surface area contributed by atoms with Crippen LogP contribution in [0.15, 0.2) is 18.2 Å². The second-order valence-electron chi connectivity index (χ2n) is 3.09. The number of aliphatic hydroxyl groups excluding tert-OH is 1. The van der Waals surface area contributed by atoms with E-state index in [4.69, 9.17) is 5.73 Å². The van der Waals surface area contributed by atoms with Crippen LogP contribution in [0.25, 0.3) is 0 Å². The van der Waals surface area contributed by atoms with Gasteiger partial charge in [-0.25, -0.2) is 9.18 Å². The molecule has 15 heavy (non-hydrogen) atoms. The van der Waals surface area contributed by atoms with Gasteiger partial charge in [-0.1, -0.05) is 12.1 Å². The Morgan fingerprint density at radius 3 is 2.87 bits per heavy atom. The van der Waals surface area contributed by atoms with Crippen molar-refractivity contribution in [2.75, 3.05) is 0 Å². The third kappa shape index (κ3) is 2.92. The molecule has 0 aliphatic rings. The van der Waals surface area contributed by atoms with Crippen molar-refractivity contribution in [2.45, 2.75) is 19.6 Å². The molecule has 3 N–H and O–H groups in total. The number of ether oxygens (including phenoxy) is 1. The summed E-state index contributed by atoms with van der Waals surface area (Å²) >= 11 is 0. The number of hydrogen-bond donors (Lipinski definition) is 2. The Balaban J connectivity index is 2.97. The highest BCUT2D eigenvalue weighted by Crippen LogP contribution is 2.21. The number of amides is 1. The van der Waals surface area contributed by atoms with Gasteiger partial charge in [0.1, 0.15) is 12.4 Å². The van der Waals surface area contributed by atoms with E-state index < -0.39 is 18.0 Å². The zero-order chi connectivity index (χ0) is 11.4. The maximum absolute atomic E-state index is 13.3. The summed E-state index contributed by atoms with van der Waals surface area (Å²) in [5.41, 5.74) is 5.30. The summed E-state index contributed by atoms with van der Waals surface area (Å²) in [6, 6.07) is 4.27. The number of primary amides is 1. The second kappa shape index (κ2) is 4.75. The van der Waals surface area contributed by atoms with Crippen molar-refractivity contribution in [1.82, 2.24) is 0 Å². The Labute approximate surface area is 86.5 Å². The minimum Gasteiger partial charge on any atom is -0.445 e. The molecule has 5 heteroatoms. The van der Waals surface area contributed by atoms with E-state index in [1.54, 1.807) is 6.07 Å². The molecule has 0 spiro atoms. The molecule has 1 amide bonds. The second-order valence-corrected chi connectivity index (χ2v) is 3.09. The van der Waals surface area contributed by atoms with Crippen LogP contribution in [0.1, 0.15) is 24.2 Å². The zero-order valence-electron chi connectivity index (χ0n) is 8.24. The van der Waals surface area contributed by atoms with Crippen LogP contribution < -0.4 is 5.73 Å². The summed E-state index contributed by atoms with van der Waals surface area (Å²) in [4.78, 5) is 10.4. The molecule has 1 unspecified atom stereocenters. The topological polar surface area (TPSA) is 72.6 Å². The lowest BCUT2D eigenvalue weighted by Crippen LogP contribution is -2.14. The highest BCUT2D eigenvalue weighted by atomic mass is 19.1. The molecule has 1 aromatic rings. The van der Waals surface area contributed by atoms with E-state index in [0.29, 0.717) is 5.56 Å². The summed E-state index contributed by atoms with van der Waals surface area (Å²) in [5.74, 6) is -0.533. The van der Waals surface area contributed by atoms with Crippen molar-refractivity contribution >= 4 is 6.09 Å². The van der Waals surface area contributed by atoms with Crippen molar-refractivity contribution in [1.29, 1.82) is 0 Å². The molecule has 4 nitrogen and oxygen atoms in total. The molecule has 0 aromatic heterocycles. The monoisotopic (exact) mass is 213 g/mol. The Morgan fingerprint density at radius 2 is 2.33 bits per heavy atom. The van der Waals surface area contributed by atoms with Crippen molar-refractivity contribution in [3.05, 3.63) is 35.1 Å². The van der Waals surface area contributed by atoms with Gasteiger partial charge < -0.3 is 15.6 Å². The van der Waals surface area contributed by atoms with E-state index in [2.05, 4.69) is 4.74 Å². The first-order chi connectivity index (χ1) is 7.02. The molecule has 1 aromatic carbocycles. The van der Waals surface area contributed by atoms with Crippen molar-refractivity contribution < 1.29 is 19.0 Å². The number of carbonyl (C=O) groups is 1. The van der Waals surface area contributed by atoms with E-state index in [1.807, 2.05) is 0 Å². The van der Waals surface area contributed by atoms with Crippen LogP contribution in [0.5, 0.6) is 0 Å². The smallest absolute Gasteiger partial charge is 0.404 e. The third-order valence-corrected chi connectivity index (χ3v) is 1.96. The van der Waals surface area contributed by atoms with Gasteiger partial charge in [-0.2, -0.15) is 0 Å². The fourth-order valence-electron chi connectivity index (χ4n) is 1.26. The van der Waals surface area contributed by atoms with Crippen LogP contribution >= 0.6 is 0 Å². The van der Waals surface area contributed by atoms with Crippen LogP contribution in [0, 0.1) is 5.82 Å². The minimum absolute atomic E-state index is 0.145. The van der Waals surface area contributed by atoms with Crippen molar-refractivity contribution in [3.63, 3.8) is 0 Å². The Morgan fingerprint density at radius 1 is 1.67 bits per heavy atom. The van der Waals surface area contributed by atoms with Gasteiger partial charge in [-0.15, -0.1) is 0 Å². The molecule has 0 saturated carbocycles. The van der Waals surface area contributed by atoms with Gasteiger partial charge in [-0.3, -0.25) is 0 Å². The van der Waals surface area contributed by atoms with Crippen LogP contribution in [-0.4, -0.2) is 11.2 Å². The molecule has 1 rings (SSSR count). The fourth-order valence-corrected chi connectivity index (χ4v) is 1.26. The average Bonchev–Trinajstić information content (AvgIpc) is 2.15. The molecule has 0 fully saturated rings. The number of rotatable bonds is 3. The first-order valence-electron chi connectivity index (χ1n) is 4.40. The van der Waals surface area contributed by atoms with Gasteiger partial charge in [0.15, 0.2) is 0 Å². The van der Waals surface area contributed by atoms with Crippen LogP contribution in [-0.2, 0) is 11.3 Å². The maximum atomic E-state index is 13.3. The van der Waals surface area contributed by atoms with Crippen molar-refractivity contribution in [2.24, 2.45) is 5.73 Å². The van der Waals surface area contributed by atoms with Gasteiger partial charge in [-0.05, 0) is 18.6 Å². The van der Waals surface area contributed by atoms with Gasteiger partial charge >= 0.3 is 6.09 Å². The molecule has 0 aliphatic heterocycles. The number of halogens is 1. The molecule has 0 saturated heterocycles. The lowest BCUT2D eigenvalue weighted by Gasteiger charge is -2.12. The predicted molar refractivity (Wildman–Crippen MR) is 51.4 cm³/mol. The predicted octanol–water partition coefficient (Wildman–Crippen LogP) is 1.47. The van der Waals surface area contributed by atoms with E-state index in [9.17, 15) is 14.3 Å². The number of aliphatic hydroxyl groups is 1. The van der Waals surface area contributed by atoms with Gasteiger partial charge in [0.05, 0.1) is 6.10 Å². The minimum atomic E-state index is -0.977. The standard InChI is InChI=1S/C10H12FNO3/c1-6(13)7-3-2-4-9(11)8(7)5-15-10(12)14/h2-4,6,13H,5H2,1H3,(H2,12,14). The van der Waals surface area contributed by atoms with Gasteiger partial charge in [0.2, 0.25) is 0 Å². The largest absolute Gasteiger partial charge is 0.445 e. The molecular formula is C10H12FNO3. The first-order valence-corrected chi connectivity index (χ1v) is 4.40. The van der Waals surface area contributed by atoms with Gasteiger partial charge in [0, 0.05) is 5.56 Å². The van der Waals surface area contributed by atoms with E-state index in [0.717, 1.165) is 0 Å². The van der Waals surface area contributed by atoms with Crippen LogP contribution in [0.3, 0.4) is 0 Å².